The van der Waals surface area contributed by atoms with Crippen LogP contribution in [0.4, 0.5) is 13.2 Å². The average Bonchev–Trinajstić information content (AvgIpc) is 3.10. The monoisotopic (exact) mass is 389 g/mol. The first-order valence-corrected chi connectivity index (χ1v) is 8.71. The maximum Gasteiger partial charge on any atom is 0.416 e. The molecule has 3 N–H and O–H groups in total. The Morgan fingerprint density at radius 2 is 2.15 bits per heavy atom. The van der Waals surface area contributed by atoms with Crippen molar-refractivity contribution in [2.45, 2.75) is 25.6 Å². The summed E-state index contributed by atoms with van der Waals surface area (Å²) >= 11 is 0. The number of alkyl halides is 3. The summed E-state index contributed by atoms with van der Waals surface area (Å²) in [5.74, 6) is 0.545. The Balaban J connectivity index is 2.02. The number of aliphatic imine (C=N–C) groups is 1. The molecule has 0 spiro atoms. The Kier molecular flexibility index (Phi) is 7.32. The number of ether oxygens (including phenoxy) is 2. The van der Waals surface area contributed by atoms with Crippen molar-refractivity contribution in [2.24, 2.45) is 10.4 Å². The highest BCUT2D eigenvalue weighted by Crippen LogP contribution is 2.34. The summed E-state index contributed by atoms with van der Waals surface area (Å²) in [4.78, 5) is 4.07. The lowest BCUT2D eigenvalue weighted by atomic mass is 9.84. The van der Waals surface area contributed by atoms with E-state index in [2.05, 4.69) is 15.6 Å². The summed E-state index contributed by atoms with van der Waals surface area (Å²) < 4.78 is 50.2. The fourth-order valence-corrected chi connectivity index (χ4v) is 3.08. The first-order valence-electron chi connectivity index (χ1n) is 8.71. The number of benzene rings is 1. The third kappa shape index (κ3) is 5.74. The van der Waals surface area contributed by atoms with Crippen LogP contribution in [-0.4, -0.2) is 51.6 Å². The van der Waals surface area contributed by atoms with Gasteiger partial charge in [0.05, 0.1) is 19.3 Å². The SMILES string of the molecule is CN=C(NCc1ccc(OC)cc1C(F)(F)F)NCC1(CCO)CCOC1. The van der Waals surface area contributed by atoms with Gasteiger partial charge in [0.25, 0.3) is 0 Å². The molecule has 6 nitrogen and oxygen atoms in total. The van der Waals surface area contributed by atoms with Gasteiger partial charge in [-0.1, -0.05) is 6.07 Å². The number of aliphatic hydroxyl groups is 1. The average molecular weight is 389 g/mol. The summed E-state index contributed by atoms with van der Waals surface area (Å²) in [6.45, 7) is 1.70. The van der Waals surface area contributed by atoms with E-state index in [1.807, 2.05) is 0 Å². The van der Waals surface area contributed by atoms with Crippen LogP contribution in [0.25, 0.3) is 0 Å². The zero-order chi connectivity index (χ0) is 19.9. The molecule has 1 fully saturated rings. The largest absolute Gasteiger partial charge is 0.497 e. The Hall–Kier alpha value is -2.00. The van der Waals surface area contributed by atoms with E-state index < -0.39 is 11.7 Å². The standard InChI is InChI=1S/C18H26F3N3O3/c1-22-16(24-11-17(5-7-25)6-8-27-12-17)23-10-13-3-4-14(26-2)9-15(13)18(19,20)21/h3-4,9,25H,5-8,10-12H2,1-2H3,(H2,22,23,24). The molecule has 0 aromatic heterocycles. The number of nitrogens with zero attached hydrogens (tertiary/aromatic N) is 1. The third-order valence-corrected chi connectivity index (χ3v) is 4.75. The highest BCUT2D eigenvalue weighted by Gasteiger charge is 2.35. The molecular weight excluding hydrogens is 363 g/mol. The normalized spacial score (nSPS) is 20.6. The minimum Gasteiger partial charge on any atom is -0.497 e. The van der Waals surface area contributed by atoms with Gasteiger partial charge in [0, 0.05) is 38.8 Å². The van der Waals surface area contributed by atoms with Crippen molar-refractivity contribution in [1.82, 2.24) is 10.6 Å². The van der Waals surface area contributed by atoms with Crippen molar-refractivity contribution < 1.29 is 27.8 Å². The van der Waals surface area contributed by atoms with Gasteiger partial charge in [0.1, 0.15) is 5.75 Å². The molecule has 0 saturated carbocycles. The molecule has 1 heterocycles. The van der Waals surface area contributed by atoms with Crippen molar-refractivity contribution in [3.05, 3.63) is 29.3 Å². The van der Waals surface area contributed by atoms with Crippen LogP contribution in [0, 0.1) is 5.41 Å². The first-order chi connectivity index (χ1) is 12.8. The fraction of sp³-hybridized carbons (Fsp3) is 0.611. The summed E-state index contributed by atoms with van der Waals surface area (Å²) in [6.07, 6.45) is -3.07. The summed E-state index contributed by atoms with van der Waals surface area (Å²) in [6, 6.07) is 3.87. The number of hydrogen-bond donors (Lipinski definition) is 3. The Morgan fingerprint density at radius 1 is 1.37 bits per heavy atom. The number of halogens is 3. The van der Waals surface area contributed by atoms with Crippen LogP contribution < -0.4 is 15.4 Å². The van der Waals surface area contributed by atoms with Gasteiger partial charge in [0.2, 0.25) is 0 Å². The van der Waals surface area contributed by atoms with Crippen molar-refractivity contribution in [2.75, 3.05) is 40.5 Å². The number of hydrogen-bond acceptors (Lipinski definition) is 4. The lowest BCUT2D eigenvalue weighted by molar-refractivity contribution is -0.138. The van der Waals surface area contributed by atoms with Gasteiger partial charge in [-0.15, -0.1) is 0 Å². The summed E-state index contributed by atoms with van der Waals surface area (Å²) in [5, 5.41) is 15.3. The van der Waals surface area contributed by atoms with Crippen LogP contribution in [0.15, 0.2) is 23.2 Å². The van der Waals surface area contributed by atoms with Crippen LogP contribution in [0.5, 0.6) is 5.75 Å². The molecule has 0 radical (unpaired) electrons. The van der Waals surface area contributed by atoms with Crippen molar-refractivity contribution in [1.29, 1.82) is 0 Å². The molecule has 0 bridgehead atoms. The molecule has 2 rings (SSSR count). The number of guanidine groups is 1. The zero-order valence-corrected chi connectivity index (χ0v) is 15.5. The topological polar surface area (TPSA) is 75.1 Å². The Bertz CT molecular complexity index is 644. The second-order valence-electron chi connectivity index (χ2n) is 6.58. The Labute approximate surface area is 156 Å². The Morgan fingerprint density at radius 3 is 2.70 bits per heavy atom. The summed E-state index contributed by atoms with van der Waals surface area (Å²) in [5.41, 5.74) is -0.838. The quantitative estimate of drug-likeness (QED) is 0.492. The van der Waals surface area contributed by atoms with E-state index in [0.717, 1.165) is 12.5 Å². The molecule has 1 aromatic carbocycles. The van der Waals surface area contributed by atoms with Gasteiger partial charge in [-0.05, 0) is 30.5 Å². The van der Waals surface area contributed by atoms with Crippen LogP contribution in [0.1, 0.15) is 24.0 Å². The highest BCUT2D eigenvalue weighted by molar-refractivity contribution is 5.79. The van der Waals surface area contributed by atoms with Crippen molar-refractivity contribution in [3.8, 4) is 5.75 Å². The van der Waals surface area contributed by atoms with E-state index >= 15 is 0 Å². The van der Waals surface area contributed by atoms with Gasteiger partial charge in [0.15, 0.2) is 5.96 Å². The predicted molar refractivity (Wildman–Crippen MR) is 95.8 cm³/mol. The number of nitrogens with one attached hydrogen (secondary N) is 2. The molecule has 1 atom stereocenters. The van der Waals surface area contributed by atoms with E-state index in [0.29, 0.717) is 32.1 Å². The smallest absolute Gasteiger partial charge is 0.416 e. The molecule has 9 heteroatoms. The van der Waals surface area contributed by atoms with Crippen LogP contribution >= 0.6 is 0 Å². The van der Waals surface area contributed by atoms with Crippen LogP contribution in [-0.2, 0) is 17.5 Å². The van der Waals surface area contributed by atoms with E-state index in [4.69, 9.17) is 9.47 Å². The van der Waals surface area contributed by atoms with Crippen molar-refractivity contribution >= 4 is 5.96 Å². The van der Waals surface area contributed by atoms with E-state index in [-0.39, 0.29) is 29.9 Å². The molecule has 1 unspecified atom stereocenters. The molecule has 1 aliphatic rings. The lowest BCUT2D eigenvalue weighted by Crippen LogP contribution is -2.44. The van der Waals surface area contributed by atoms with E-state index in [1.54, 1.807) is 7.05 Å². The van der Waals surface area contributed by atoms with Crippen LogP contribution in [0.2, 0.25) is 0 Å². The highest BCUT2D eigenvalue weighted by atomic mass is 19.4. The number of rotatable bonds is 7. The maximum atomic E-state index is 13.3. The second kappa shape index (κ2) is 9.27. The minimum absolute atomic E-state index is 0.0397. The van der Waals surface area contributed by atoms with Gasteiger partial charge < -0.3 is 25.2 Å². The zero-order valence-electron chi connectivity index (χ0n) is 15.5. The minimum atomic E-state index is -4.48. The molecule has 1 aromatic rings. The van der Waals surface area contributed by atoms with Gasteiger partial charge in [-0.3, -0.25) is 4.99 Å². The molecule has 0 aliphatic carbocycles. The van der Waals surface area contributed by atoms with E-state index in [9.17, 15) is 18.3 Å². The van der Waals surface area contributed by atoms with Crippen molar-refractivity contribution in [3.63, 3.8) is 0 Å². The molecule has 1 saturated heterocycles. The fourth-order valence-electron chi connectivity index (χ4n) is 3.08. The maximum absolute atomic E-state index is 13.3. The van der Waals surface area contributed by atoms with Crippen LogP contribution in [0.3, 0.4) is 0 Å². The van der Waals surface area contributed by atoms with E-state index in [1.165, 1.54) is 19.2 Å². The second-order valence-corrected chi connectivity index (χ2v) is 6.58. The van der Waals surface area contributed by atoms with Gasteiger partial charge in [-0.25, -0.2) is 0 Å². The molecule has 0 amide bonds. The summed E-state index contributed by atoms with van der Waals surface area (Å²) in [7, 11) is 2.88. The lowest BCUT2D eigenvalue weighted by Gasteiger charge is -2.27. The molecule has 27 heavy (non-hydrogen) atoms. The van der Waals surface area contributed by atoms with Gasteiger partial charge in [-0.2, -0.15) is 13.2 Å². The third-order valence-electron chi connectivity index (χ3n) is 4.75. The molecule has 152 valence electrons. The number of aliphatic hydroxyl groups excluding tert-OH is 1. The van der Waals surface area contributed by atoms with Gasteiger partial charge >= 0.3 is 6.18 Å². The molecule has 1 aliphatic heterocycles. The first kappa shape index (κ1) is 21.3. The molecular formula is C18H26F3N3O3. The number of methoxy groups -OCH3 is 1. The predicted octanol–water partition coefficient (Wildman–Crippen LogP) is 2.17.